The zero-order chi connectivity index (χ0) is 16.6. The number of nitrogens with zero attached hydrogens (tertiary/aromatic N) is 4. The van der Waals surface area contributed by atoms with Gasteiger partial charge in [0.05, 0.1) is 38.6 Å². The van der Waals surface area contributed by atoms with Crippen LogP contribution in [0.25, 0.3) is 0 Å². The highest BCUT2D eigenvalue weighted by molar-refractivity contribution is 6.01. The van der Waals surface area contributed by atoms with Gasteiger partial charge in [-0.25, -0.2) is 0 Å². The molecule has 0 saturated heterocycles. The Morgan fingerprint density at radius 1 is 1.35 bits per heavy atom. The molecule has 1 unspecified atom stereocenters. The predicted octanol–water partition coefficient (Wildman–Crippen LogP) is 1.66. The van der Waals surface area contributed by atoms with Crippen molar-refractivity contribution in [3.63, 3.8) is 0 Å². The number of fused-ring (bicyclic) bond motifs is 1. The maximum Gasteiger partial charge on any atom is 0.256 e. The summed E-state index contributed by atoms with van der Waals surface area (Å²) >= 11 is 0. The van der Waals surface area contributed by atoms with Gasteiger partial charge in [-0.2, -0.15) is 10.4 Å². The molecule has 23 heavy (non-hydrogen) atoms. The van der Waals surface area contributed by atoms with Crippen molar-refractivity contribution in [3.8, 4) is 17.6 Å². The number of carbonyl (C=O) groups is 1. The van der Waals surface area contributed by atoms with Crippen LogP contribution in [-0.4, -0.2) is 34.8 Å². The zero-order valence-electron chi connectivity index (χ0n) is 13.1. The van der Waals surface area contributed by atoms with Crippen molar-refractivity contribution in [1.82, 2.24) is 14.7 Å². The van der Waals surface area contributed by atoms with E-state index in [-0.39, 0.29) is 5.91 Å². The third kappa shape index (κ3) is 2.38. The number of amides is 1. The van der Waals surface area contributed by atoms with E-state index in [0.29, 0.717) is 29.2 Å². The highest BCUT2D eigenvalue weighted by Gasteiger charge is 2.40. The van der Waals surface area contributed by atoms with Gasteiger partial charge in [-0.05, 0) is 6.07 Å². The Labute approximate surface area is 133 Å². The van der Waals surface area contributed by atoms with Crippen molar-refractivity contribution in [2.45, 2.75) is 12.6 Å². The van der Waals surface area contributed by atoms with Crippen LogP contribution in [0.2, 0.25) is 0 Å². The molecule has 7 heteroatoms. The van der Waals surface area contributed by atoms with Gasteiger partial charge in [-0.15, -0.1) is 0 Å². The summed E-state index contributed by atoms with van der Waals surface area (Å²) in [5, 5.41) is 13.7. The SMILES string of the molecule is COc1cc(OC)c2c(c1)C(=O)N(Cc1cnn(C)c1)C2C#N. The summed E-state index contributed by atoms with van der Waals surface area (Å²) < 4.78 is 12.2. The van der Waals surface area contributed by atoms with Crippen molar-refractivity contribution in [3.05, 3.63) is 41.2 Å². The van der Waals surface area contributed by atoms with Crippen molar-refractivity contribution in [2.75, 3.05) is 14.2 Å². The lowest BCUT2D eigenvalue weighted by Crippen LogP contribution is -2.26. The highest BCUT2D eigenvalue weighted by atomic mass is 16.5. The zero-order valence-corrected chi connectivity index (χ0v) is 13.1. The Morgan fingerprint density at radius 3 is 2.70 bits per heavy atom. The lowest BCUT2D eigenvalue weighted by atomic mass is 10.0. The molecule has 0 radical (unpaired) electrons. The van der Waals surface area contributed by atoms with E-state index in [1.54, 1.807) is 30.1 Å². The third-order valence-electron chi connectivity index (χ3n) is 3.88. The van der Waals surface area contributed by atoms with Crippen LogP contribution < -0.4 is 9.47 Å². The molecule has 0 bridgehead atoms. The molecule has 1 amide bonds. The van der Waals surface area contributed by atoms with Crippen LogP contribution in [0.15, 0.2) is 24.5 Å². The van der Waals surface area contributed by atoms with E-state index in [1.165, 1.54) is 19.1 Å². The standard InChI is InChI=1S/C16H16N4O3/c1-19-8-10(7-18-19)9-20-13(6-17)15-12(16(20)21)4-11(22-2)5-14(15)23-3/h4-5,7-8,13H,9H2,1-3H3. The third-order valence-corrected chi connectivity index (χ3v) is 3.88. The number of methoxy groups -OCH3 is 2. The van der Waals surface area contributed by atoms with E-state index in [9.17, 15) is 10.1 Å². The second-order valence-corrected chi connectivity index (χ2v) is 5.28. The molecule has 2 heterocycles. The first-order chi connectivity index (χ1) is 11.1. The Morgan fingerprint density at radius 2 is 2.13 bits per heavy atom. The lowest BCUT2D eigenvalue weighted by molar-refractivity contribution is 0.0744. The maximum absolute atomic E-state index is 12.8. The van der Waals surface area contributed by atoms with Gasteiger partial charge in [-0.1, -0.05) is 0 Å². The molecule has 0 aliphatic carbocycles. The normalized spacial score (nSPS) is 16.2. The van der Waals surface area contributed by atoms with Crippen molar-refractivity contribution < 1.29 is 14.3 Å². The average molecular weight is 312 g/mol. The van der Waals surface area contributed by atoms with Crippen molar-refractivity contribution in [1.29, 1.82) is 5.26 Å². The fraction of sp³-hybridized carbons (Fsp3) is 0.312. The van der Waals surface area contributed by atoms with E-state index in [4.69, 9.17) is 9.47 Å². The minimum atomic E-state index is -0.696. The number of hydrogen-bond acceptors (Lipinski definition) is 5. The Bertz CT molecular complexity index is 806. The highest BCUT2D eigenvalue weighted by Crippen LogP contribution is 2.42. The molecule has 7 nitrogen and oxygen atoms in total. The van der Waals surface area contributed by atoms with Gasteiger partial charge in [0, 0.05) is 30.4 Å². The van der Waals surface area contributed by atoms with Gasteiger partial charge >= 0.3 is 0 Å². The summed E-state index contributed by atoms with van der Waals surface area (Å²) in [7, 11) is 4.84. The molecule has 0 saturated carbocycles. The van der Waals surface area contributed by atoms with Crippen molar-refractivity contribution >= 4 is 5.91 Å². The van der Waals surface area contributed by atoms with Gasteiger partial charge in [0.1, 0.15) is 17.5 Å². The molecule has 1 aromatic carbocycles. The number of aromatic nitrogens is 2. The largest absolute Gasteiger partial charge is 0.497 e. The van der Waals surface area contributed by atoms with E-state index < -0.39 is 6.04 Å². The first-order valence-corrected chi connectivity index (χ1v) is 7.03. The molecule has 2 aromatic rings. The quantitative estimate of drug-likeness (QED) is 0.857. The summed E-state index contributed by atoms with van der Waals surface area (Å²) in [6.45, 7) is 0.311. The molecular weight excluding hydrogens is 296 g/mol. The second kappa shape index (κ2) is 5.65. The fourth-order valence-electron chi connectivity index (χ4n) is 2.82. The van der Waals surface area contributed by atoms with Crippen LogP contribution in [0.4, 0.5) is 0 Å². The van der Waals surface area contributed by atoms with Gasteiger partial charge in [0.25, 0.3) is 5.91 Å². The average Bonchev–Trinajstić information content (AvgIpc) is 3.09. The molecule has 118 valence electrons. The van der Waals surface area contributed by atoms with Crippen LogP contribution in [0.3, 0.4) is 0 Å². The van der Waals surface area contributed by atoms with Crippen molar-refractivity contribution in [2.24, 2.45) is 7.05 Å². The topological polar surface area (TPSA) is 80.4 Å². The maximum atomic E-state index is 12.8. The van der Waals surface area contributed by atoms with Crippen LogP contribution in [0.5, 0.6) is 11.5 Å². The van der Waals surface area contributed by atoms with Crippen LogP contribution in [0.1, 0.15) is 27.5 Å². The Hall–Kier alpha value is -3.01. The summed E-state index contributed by atoms with van der Waals surface area (Å²) in [5.41, 5.74) is 1.89. The molecule has 0 spiro atoms. The molecule has 1 aliphatic rings. The molecule has 0 fully saturated rings. The van der Waals surface area contributed by atoms with Gasteiger partial charge in [-0.3, -0.25) is 9.48 Å². The Balaban J connectivity index is 2.05. The second-order valence-electron chi connectivity index (χ2n) is 5.28. The number of nitriles is 1. The number of hydrogen-bond donors (Lipinski definition) is 0. The van der Waals surface area contributed by atoms with Crippen LogP contribution >= 0.6 is 0 Å². The monoisotopic (exact) mass is 312 g/mol. The van der Waals surface area contributed by atoms with Gasteiger partial charge in [0.15, 0.2) is 0 Å². The smallest absolute Gasteiger partial charge is 0.256 e. The number of ether oxygens (including phenoxy) is 2. The number of benzene rings is 1. The molecule has 1 atom stereocenters. The lowest BCUT2D eigenvalue weighted by Gasteiger charge is -2.19. The Kier molecular flexibility index (Phi) is 3.66. The fourth-order valence-corrected chi connectivity index (χ4v) is 2.82. The molecule has 0 N–H and O–H groups in total. The number of rotatable bonds is 4. The van der Waals surface area contributed by atoms with Crippen LogP contribution in [-0.2, 0) is 13.6 Å². The minimum absolute atomic E-state index is 0.215. The summed E-state index contributed by atoms with van der Waals surface area (Å²) in [6.07, 6.45) is 3.50. The summed E-state index contributed by atoms with van der Waals surface area (Å²) in [4.78, 5) is 14.3. The minimum Gasteiger partial charge on any atom is -0.497 e. The molecule has 3 rings (SSSR count). The molecule has 1 aliphatic heterocycles. The first kappa shape index (κ1) is 14.9. The molecular formula is C16H16N4O3. The summed E-state index contributed by atoms with van der Waals surface area (Å²) in [5.74, 6) is 0.786. The van der Waals surface area contributed by atoms with E-state index in [0.717, 1.165) is 5.56 Å². The predicted molar refractivity (Wildman–Crippen MR) is 81.0 cm³/mol. The van der Waals surface area contributed by atoms with Crippen LogP contribution in [0, 0.1) is 11.3 Å². The summed E-state index contributed by atoms with van der Waals surface area (Å²) in [6, 6.07) is 4.83. The van der Waals surface area contributed by atoms with E-state index in [1.807, 2.05) is 6.20 Å². The van der Waals surface area contributed by atoms with E-state index in [2.05, 4.69) is 11.2 Å². The molecule has 1 aromatic heterocycles. The van der Waals surface area contributed by atoms with Gasteiger partial charge < -0.3 is 14.4 Å². The van der Waals surface area contributed by atoms with Gasteiger partial charge in [0.2, 0.25) is 0 Å². The number of aryl methyl sites for hydroxylation is 1. The first-order valence-electron chi connectivity index (χ1n) is 7.03. The number of carbonyl (C=O) groups excluding carboxylic acids is 1. The van der Waals surface area contributed by atoms with E-state index >= 15 is 0 Å².